The largest absolute Gasteiger partial charge is 0.383 e. The van der Waals surface area contributed by atoms with E-state index >= 15 is 0 Å². The normalized spacial score (nSPS) is 27.8. The van der Waals surface area contributed by atoms with Crippen molar-refractivity contribution in [3.63, 3.8) is 0 Å². The van der Waals surface area contributed by atoms with Crippen LogP contribution in [0.25, 0.3) is 21.5 Å². The van der Waals surface area contributed by atoms with Gasteiger partial charge in [0.05, 0.1) is 34.1 Å². The van der Waals surface area contributed by atoms with E-state index in [9.17, 15) is 14.8 Å². The number of nitriles is 1. The molecule has 4 unspecified atom stereocenters. The Kier molecular flexibility index (Phi) is 6.28. The Balaban J connectivity index is 1.16. The Morgan fingerprint density at radius 1 is 1.30 bits per heavy atom. The van der Waals surface area contributed by atoms with E-state index in [1.165, 1.54) is 17.4 Å². The van der Waals surface area contributed by atoms with Gasteiger partial charge in [-0.05, 0) is 80.5 Å². The van der Waals surface area contributed by atoms with Crippen LogP contribution in [0.15, 0.2) is 34.9 Å². The lowest BCUT2D eigenvalue weighted by Crippen LogP contribution is -2.42. The molecule has 2 aromatic carbocycles. The van der Waals surface area contributed by atoms with Gasteiger partial charge in [-0.3, -0.25) is 0 Å². The van der Waals surface area contributed by atoms with E-state index in [1.807, 2.05) is 31.2 Å². The third kappa shape index (κ3) is 4.26. The number of thiazole rings is 1. The van der Waals surface area contributed by atoms with Gasteiger partial charge in [0.1, 0.15) is 27.6 Å². The number of aromatic nitrogens is 2. The highest BCUT2D eigenvalue weighted by Crippen LogP contribution is 2.55. The van der Waals surface area contributed by atoms with Crippen molar-refractivity contribution < 1.29 is 18.8 Å². The number of aryl methyl sites for hydroxylation is 1. The maximum atomic E-state index is 14.6. The molecule has 1 N–H and O–H groups in total. The topological polar surface area (TPSA) is 92.2 Å². The SMILES string of the molecule is Cc1cccc(Cl)c1-c1noc(C2CC2)c1COC1C2C[C@H](C)C1CC(O)(c1nc3c(F)cc(C#N)cc3s1)C2. The lowest BCUT2D eigenvalue weighted by atomic mass is 9.75. The van der Waals surface area contributed by atoms with Gasteiger partial charge in [-0.25, -0.2) is 9.37 Å². The number of rotatable bonds is 6. The number of ether oxygens (including phenoxy) is 1. The van der Waals surface area contributed by atoms with Crippen LogP contribution in [-0.4, -0.2) is 21.4 Å². The minimum Gasteiger partial charge on any atom is -0.383 e. The zero-order valence-electron chi connectivity index (χ0n) is 22.3. The molecule has 3 aliphatic rings. The molecule has 2 bridgehead atoms. The van der Waals surface area contributed by atoms with Crippen molar-refractivity contribution in [3.05, 3.63) is 68.6 Å². The van der Waals surface area contributed by atoms with Crippen molar-refractivity contribution in [2.75, 3.05) is 0 Å². The minimum atomic E-state index is -1.15. The van der Waals surface area contributed by atoms with Gasteiger partial charge in [0.2, 0.25) is 0 Å². The smallest absolute Gasteiger partial charge is 0.151 e. The Bertz CT molecular complexity index is 1650. The standard InChI is InChI=1S/C31H29ClFN3O3S/c1-15-4-3-5-22(32)25(15)26-21(29(39-36-26)18-6-7-18)14-38-28-19-8-16(2)20(28)12-31(37,11-19)30-35-27-23(33)9-17(13-34)10-24(27)40-30/h3-5,9-10,16,18-20,28,37H,6-8,11-12,14H2,1-2H3/t16-,19?,20?,28?,31?/m0/s1. The van der Waals surface area contributed by atoms with Gasteiger partial charge >= 0.3 is 0 Å². The van der Waals surface area contributed by atoms with Gasteiger partial charge in [0, 0.05) is 17.0 Å². The second-order valence-corrected chi connectivity index (χ2v) is 13.3. The van der Waals surface area contributed by atoms with Gasteiger partial charge in [-0.1, -0.05) is 35.8 Å². The molecular formula is C31H29ClFN3O3S. The predicted molar refractivity (Wildman–Crippen MR) is 150 cm³/mol. The van der Waals surface area contributed by atoms with Crippen molar-refractivity contribution in [1.29, 1.82) is 5.26 Å². The zero-order chi connectivity index (χ0) is 27.8. The fourth-order valence-corrected chi connectivity index (χ4v) is 8.44. The molecule has 3 fully saturated rings. The molecule has 7 rings (SSSR count). The van der Waals surface area contributed by atoms with Crippen LogP contribution in [-0.2, 0) is 16.9 Å². The monoisotopic (exact) mass is 577 g/mol. The first kappa shape index (κ1) is 26.1. The molecular weight excluding hydrogens is 549 g/mol. The number of nitrogens with zero attached hydrogens (tertiary/aromatic N) is 3. The molecule has 2 aromatic heterocycles. The van der Waals surface area contributed by atoms with E-state index in [0.717, 1.165) is 47.4 Å². The second-order valence-electron chi connectivity index (χ2n) is 11.9. The predicted octanol–water partition coefficient (Wildman–Crippen LogP) is 7.64. The van der Waals surface area contributed by atoms with E-state index in [4.69, 9.17) is 20.9 Å². The highest BCUT2D eigenvalue weighted by molar-refractivity contribution is 7.18. The number of fused-ring (bicyclic) bond motifs is 3. The molecule has 6 nitrogen and oxygen atoms in total. The third-order valence-corrected chi connectivity index (χ3v) is 10.6. The zero-order valence-corrected chi connectivity index (χ0v) is 23.9. The number of hydrogen-bond acceptors (Lipinski definition) is 7. The summed E-state index contributed by atoms with van der Waals surface area (Å²) in [6.45, 7) is 4.62. The molecule has 40 heavy (non-hydrogen) atoms. The fraction of sp³-hybridized carbons (Fsp3) is 0.452. The summed E-state index contributed by atoms with van der Waals surface area (Å²) in [7, 11) is 0. The molecule has 0 aliphatic heterocycles. The van der Waals surface area contributed by atoms with Crippen molar-refractivity contribution >= 4 is 33.2 Å². The molecule has 0 amide bonds. The molecule has 5 atom stereocenters. The fourth-order valence-electron chi connectivity index (χ4n) is 7.01. The molecule has 3 saturated carbocycles. The number of benzene rings is 2. The first-order valence-electron chi connectivity index (χ1n) is 13.8. The molecule has 3 aliphatic carbocycles. The van der Waals surface area contributed by atoms with Crippen LogP contribution in [0.3, 0.4) is 0 Å². The Morgan fingerprint density at radius 3 is 2.85 bits per heavy atom. The lowest BCUT2D eigenvalue weighted by Gasteiger charge is -2.40. The van der Waals surface area contributed by atoms with Gasteiger partial charge in [-0.2, -0.15) is 5.26 Å². The van der Waals surface area contributed by atoms with Gasteiger partial charge in [0.15, 0.2) is 5.82 Å². The van der Waals surface area contributed by atoms with Crippen molar-refractivity contribution in [3.8, 4) is 17.3 Å². The van der Waals surface area contributed by atoms with Crippen LogP contribution in [0.1, 0.15) is 72.4 Å². The first-order valence-corrected chi connectivity index (χ1v) is 15.0. The maximum Gasteiger partial charge on any atom is 0.151 e. The highest BCUT2D eigenvalue weighted by Gasteiger charge is 2.54. The number of halogens is 2. The summed E-state index contributed by atoms with van der Waals surface area (Å²) in [5.74, 6) is 1.38. The lowest BCUT2D eigenvalue weighted by molar-refractivity contribution is -0.109. The number of hydrogen-bond donors (Lipinski definition) is 1. The summed E-state index contributed by atoms with van der Waals surface area (Å²) < 4.78 is 27.8. The molecule has 206 valence electrons. The van der Waals surface area contributed by atoms with Crippen LogP contribution in [0.5, 0.6) is 0 Å². The summed E-state index contributed by atoms with van der Waals surface area (Å²) in [5, 5.41) is 26.7. The molecule has 4 aromatic rings. The third-order valence-electron chi connectivity index (χ3n) is 9.09. The summed E-state index contributed by atoms with van der Waals surface area (Å²) >= 11 is 7.90. The van der Waals surface area contributed by atoms with Crippen LogP contribution in [0, 0.1) is 41.8 Å². The Morgan fingerprint density at radius 2 is 2.12 bits per heavy atom. The van der Waals surface area contributed by atoms with E-state index in [0.29, 0.717) is 46.0 Å². The van der Waals surface area contributed by atoms with E-state index < -0.39 is 11.4 Å². The van der Waals surface area contributed by atoms with Gasteiger partial charge < -0.3 is 14.4 Å². The van der Waals surface area contributed by atoms with E-state index in [2.05, 4.69) is 17.1 Å². The first-order chi connectivity index (χ1) is 19.3. The Labute approximate surface area is 240 Å². The average molecular weight is 578 g/mol. The van der Waals surface area contributed by atoms with Crippen LogP contribution < -0.4 is 0 Å². The molecule has 0 saturated heterocycles. The summed E-state index contributed by atoms with van der Waals surface area (Å²) in [6.07, 6.45) is 4.10. The van der Waals surface area contributed by atoms with Gasteiger partial charge in [0.25, 0.3) is 0 Å². The van der Waals surface area contributed by atoms with Crippen LogP contribution in [0.4, 0.5) is 4.39 Å². The Hall–Kier alpha value is -2.83. The number of aliphatic hydroxyl groups is 1. The molecule has 0 radical (unpaired) electrons. The van der Waals surface area contributed by atoms with Gasteiger partial charge in [-0.15, -0.1) is 11.3 Å². The summed E-state index contributed by atoms with van der Waals surface area (Å²) in [6, 6.07) is 10.7. The highest BCUT2D eigenvalue weighted by atomic mass is 35.5. The van der Waals surface area contributed by atoms with Crippen molar-refractivity contribution in [2.24, 2.45) is 17.8 Å². The quantitative estimate of drug-likeness (QED) is 0.253. The van der Waals surface area contributed by atoms with Crippen LogP contribution in [0.2, 0.25) is 5.02 Å². The van der Waals surface area contributed by atoms with Crippen molar-refractivity contribution in [1.82, 2.24) is 10.1 Å². The molecule has 0 spiro atoms. The summed E-state index contributed by atoms with van der Waals surface area (Å²) in [4.78, 5) is 4.53. The minimum absolute atomic E-state index is 0.0197. The molecule has 9 heteroatoms. The van der Waals surface area contributed by atoms with E-state index in [-0.39, 0.29) is 29.0 Å². The maximum absolute atomic E-state index is 14.6. The van der Waals surface area contributed by atoms with Crippen LogP contribution >= 0.6 is 22.9 Å². The average Bonchev–Trinajstić information content (AvgIpc) is 3.46. The summed E-state index contributed by atoms with van der Waals surface area (Å²) in [5.41, 5.74) is 2.97. The van der Waals surface area contributed by atoms with E-state index in [1.54, 1.807) is 6.07 Å². The molecule has 2 heterocycles. The van der Waals surface area contributed by atoms with Crippen molar-refractivity contribution in [2.45, 2.75) is 70.2 Å². The second kappa shape index (κ2) is 9.63.